The van der Waals surface area contributed by atoms with Crippen LogP contribution in [0.25, 0.3) is 0 Å². The monoisotopic (exact) mass is 294 g/mol. The van der Waals surface area contributed by atoms with Gasteiger partial charge >= 0.3 is 0 Å². The van der Waals surface area contributed by atoms with Crippen molar-refractivity contribution < 1.29 is 14.6 Å². The Morgan fingerprint density at radius 2 is 1.93 bits per heavy atom. The standard InChI is InChI=1S/C10H12BrClO3/c1-14-9-4-7(11)10(15-2)3-6(9)8(13)5-12/h3-4,8,13H,5H2,1-2H3/t8-/m1/s1. The molecule has 5 heteroatoms. The van der Waals surface area contributed by atoms with Crippen LogP contribution in [0.3, 0.4) is 0 Å². The highest BCUT2D eigenvalue weighted by atomic mass is 79.9. The normalized spacial score (nSPS) is 12.3. The maximum absolute atomic E-state index is 9.67. The predicted molar refractivity (Wildman–Crippen MR) is 62.9 cm³/mol. The maximum Gasteiger partial charge on any atom is 0.133 e. The van der Waals surface area contributed by atoms with Gasteiger partial charge in [-0.15, -0.1) is 11.6 Å². The van der Waals surface area contributed by atoms with Gasteiger partial charge in [-0.2, -0.15) is 0 Å². The van der Waals surface area contributed by atoms with Crippen LogP contribution in [0.4, 0.5) is 0 Å². The second-order valence-corrected chi connectivity index (χ2v) is 4.06. The van der Waals surface area contributed by atoms with Crippen LogP contribution in [0.2, 0.25) is 0 Å². The summed E-state index contributed by atoms with van der Waals surface area (Å²) in [7, 11) is 3.10. The van der Waals surface area contributed by atoms with E-state index in [0.717, 1.165) is 4.47 Å². The van der Waals surface area contributed by atoms with Crippen molar-refractivity contribution in [1.82, 2.24) is 0 Å². The van der Waals surface area contributed by atoms with Crippen molar-refractivity contribution in [2.75, 3.05) is 20.1 Å². The number of rotatable bonds is 4. The number of aliphatic hydroxyl groups is 1. The van der Waals surface area contributed by atoms with Crippen LogP contribution in [0.5, 0.6) is 11.5 Å². The molecule has 0 aliphatic heterocycles. The van der Waals surface area contributed by atoms with E-state index in [9.17, 15) is 5.11 Å². The third kappa shape index (κ3) is 2.77. The van der Waals surface area contributed by atoms with E-state index in [1.54, 1.807) is 26.4 Å². The highest BCUT2D eigenvalue weighted by Gasteiger charge is 2.15. The predicted octanol–water partition coefficient (Wildman–Crippen LogP) is 2.74. The van der Waals surface area contributed by atoms with E-state index >= 15 is 0 Å². The van der Waals surface area contributed by atoms with Crippen molar-refractivity contribution in [1.29, 1.82) is 0 Å². The zero-order chi connectivity index (χ0) is 11.4. The highest BCUT2D eigenvalue weighted by molar-refractivity contribution is 9.10. The lowest BCUT2D eigenvalue weighted by molar-refractivity contribution is 0.197. The Bertz CT molecular complexity index is 344. The minimum atomic E-state index is -0.761. The Hall–Kier alpha value is -0.450. The SMILES string of the molecule is COc1cc([C@H](O)CCl)c(OC)cc1Br. The molecule has 84 valence electrons. The van der Waals surface area contributed by atoms with Crippen LogP contribution in [-0.4, -0.2) is 25.2 Å². The number of benzene rings is 1. The van der Waals surface area contributed by atoms with Crippen molar-refractivity contribution in [3.63, 3.8) is 0 Å². The van der Waals surface area contributed by atoms with E-state index in [1.807, 2.05) is 0 Å². The summed E-state index contributed by atoms with van der Waals surface area (Å²) in [5.74, 6) is 1.33. The second kappa shape index (κ2) is 5.58. The summed E-state index contributed by atoms with van der Waals surface area (Å²) in [5, 5.41) is 9.67. The Balaban J connectivity index is 3.22. The Labute approximate surface area is 102 Å². The molecule has 1 atom stereocenters. The molecule has 0 aliphatic carbocycles. The molecule has 1 rings (SSSR count). The average Bonchev–Trinajstić information content (AvgIpc) is 2.27. The molecule has 0 bridgehead atoms. The molecule has 1 aromatic carbocycles. The van der Waals surface area contributed by atoms with Gasteiger partial charge < -0.3 is 14.6 Å². The van der Waals surface area contributed by atoms with Gasteiger partial charge in [0.05, 0.1) is 30.7 Å². The number of aliphatic hydroxyl groups excluding tert-OH is 1. The fourth-order valence-electron chi connectivity index (χ4n) is 1.23. The molecule has 0 fully saturated rings. The lowest BCUT2D eigenvalue weighted by Crippen LogP contribution is -2.02. The summed E-state index contributed by atoms with van der Waals surface area (Å²) in [5.41, 5.74) is 0.618. The third-order valence-electron chi connectivity index (χ3n) is 2.01. The van der Waals surface area contributed by atoms with E-state index in [2.05, 4.69) is 15.9 Å². The zero-order valence-corrected chi connectivity index (χ0v) is 10.8. The number of hydrogen-bond donors (Lipinski definition) is 1. The van der Waals surface area contributed by atoms with Crippen LogP contribution < -0.4 is 9.47 Å². The molecular formula is C10H12BrClO3. The summed E-state index contributed by atoms with van der Waals surface area (Å²) < 4.78 is 11.0. The number of halogens is 2. The van der Waals surface area contributed by atoms with E-state index in [4.69, 9.17) is 21.1 Å². The molecule has 0 spiro atoms. The smallest absolute Gasteiger partial charge is 0.133 e. The third-order valence-corrected chi connectivity index (χ3v) is 2.92. The summed E-state index contributed by atoms with van der Waals surface area (Å²) in [6.07, 6.45) is -0.761. The summed E-state index contributed by atoms with van der Waals surface area (Å²) in [4.78, 5) is 0. The van der Waals surface area contributed by atoms with Gasteiger partial charge in [-0.1, -0.05) is 0 Å². The molecule has 0 heterocycles. The zero-order valence-electron chi connectivity index (χ0n) is 8.46. The number of ether oxygens (including phenoxy) is 2. The van der Waals surface area contributed by atoms with Crippen molar-refractivity contribution >= 4 is 27.5 Å². The van der Waals surface area contributed by atoms with Crippen molar-refractivity contribution in [2.45, 2.75) is 6.10 Å². The van der Waals surface area contributed by atoms with Gasteiger partial charge in [0, 0.05) is 5.56 Å². The lowest BCUT2D eigenvalue weighted by Gasteiger charge is -2.15. The largest absolute Gasteiger partial charge is 0.496 e. The molecule has 3 nitrogen and oxygen atoms in total. The molecule has 0 saturated carbocycles. The molecular weight excluding hydrogens is 283 g/mol. The minimum absolute atomic E-state index is 0.112. The fourth-order valence-corrected chi connectivity index (χ4v) is 1.88. The quantitative estimate of drug-likeness (QED) is 0.868. The molecule has 0 aromatic heterocycles. The topological polar surface area (TPSA) is 38.7 Å². The van der Waals surface area contributed by atoms with Crippen LogP contribution in [0.1, 0.15) is 11.7 Å². The summed E-state index contributed by atoms with van der Waals surface area (Å²) in [6.45, 7) is 0. The number of alkyl halides is 1. The van der Waals surface area contributed by atoms with Crippen LogP contribution >= 0.6 is 27.5 Å². The molecule has 0 radical (unpaired) electrons. The highest BCUT2D eigenvalue weighted by Crippen LogP contribution is 2.36. The second-order valence-electron chi connectivity index (χ2n) is 2.90. The van der Waals surface area contributed by atoms with E-state index in [0.29, 0.717) is 17.1 Å². The first-order valence-electron chi connectivity index (χ1n) is 4.29. The van der Waals surface area contributed by atoms with Gasteiger partial charge in [0.25, 0.3) is 0 Å². The molecule has 0 aliphatic rings. The van der Waals surface area contributed by atoms with E-state index < -0.39 is 6.10 Å². The first kappa shape index (κ1) is 12.6. The van der Waals surface area contributed by atoms with Gasteiger partial charge in [-0.3, -0.25) is 0 Å². The van der Waals surface area contributed by atoms with Crippen molar-refractivity contribution in [3.05, 3.63) is 22.2 Å². The molecule has 0 unspecified atom stereocenters. The first-order valence-corrected chi connectivity index (χ1v) is 5.62. The van der Waals surface area contributed by atoms with Crippen LogP contribution in [-0.2, 0) is 0 Å². The van der Waals surface area contributed by atoms with Gasteiger partial charge in [0.15, 0.2) is 0 Å². The van der Waals surface area contributed by atoms with Crippen molar-refractivity contribution in [3.8, 4) is 11.5 Å². The minimum Gasteiger partial charge on any atom is -0.496 e. The Morgan fingerprint density at radius 1 is 1.33 bits per heavy atom. The van der Waals surface area contributed by atoms with Gasteiger partial charge in [0.2, 0.25) is 0 Å². The van der Waals surface area contributed by atoms with Crippen LogP contribution in [0, 0.1) is 0 Å². The summed E-state index contributed by atoms with van der Waals surface area (Å²) in [6, 6.07) is 3.44. The van der Waals surface area contributed by atoms with Gasteiger partial charge in [0.1, 0.15) is 11.5 Å². The molecule has 0 saturated heterocycles. The molecule has 1 N–H and O–H groups in total. The first-order chi connectivity index (χ1) is 7.13. The maximum atomic E-state index is 9.67. The van der Waals surface area contributed by atoms with Gasteiger partial charge in [-0.25, -0.2) is 0 Å². The molecule has 1 aromatic rings. The number of hydrogen-bond acceptors (Lipinski definition) is 3. The Morgan fingerprint density at radius 3 is 2.40 bits per heavy atom. The molecule has 0 amide bonds. The number of methoxy groups -OCH3 is 2. The lowest BCUT2D eigenvalue weighted by atomic mass is 10.1. The van der Waals surface area contributed by atoms with Crippen LogP contribution in [0.15, 0.2) is 16.6 Å². The summed E-state index contributed by atoms with van der Waals surface area (Å²) >= 11 is 8.93. The van der Waals surface area contributed by atoms with E-state index in [-0.39, 0.29) is 5.88 Å². The van der Waals surface area contributed by atoms with Gasteiger partial charge in [-0.05, 0) is 28.1 Å². The van der Waals surface area contributed by atoms with E-state index in [1.165, 1.54) is 0 Å². The van der Waals surface area contributed by atoms with Crippen molar-refractivity contribution in [2.24, 2.45) is 0 Å². The molecule has 15 heavy (non-hydrogen) atoms. The fraction of sp³-hybridized carbons (Fsp3) is 0.400. The Kier molecular flexibility index (Phi) is 4.70. The average molecular weight is 296 g/mol.